The van der Waals surface area contributed by atoms with E-state index in [9.17, 15) is 0 Å². The molecule has 0 aromatic carbocycles. The topological polar surface area (TPSA) is 48.4 Å². The van der Waals surface area contributed by atoms with Crippen LogP contribution in [-0.4, -0.2) is 60.1 Å². The summed E-state index contributed by atoms with van der Waals surface area (Å²) in [4.78, 5) is 20.5. The molecule has 1 fully saturated rings. The van der Waals surface area contributed by atoms with Crippen molar-refractivity contribution in [1.82, 2.24) is 19.9 Å². The van der Waals surface area contributed by atoms with Gasteiger partial charge in [-0.25, -0.2) is 4.98 Å². The Morgan fingerprint density at radius 1 is 1.16 bits per heavy atom. The first kappa shape index (κ1) is 17.6. The van der Waals surface area contributed by atoms with Gasteiger partial charge in [0.25, 0.3) is 0 Å². The number of aryl methyl sites for hydroxylation is 1. The van der Waals surface area contributed by atoms with Gasteiger partial charge >= 0.3 is 0 Å². The van der Waals surface area contributed by atoms with E-state index in [0.717, 1.165) is 42.8 Å². The molecule has 0 radical (unpaired) electrons. The Hall–Kier alpha value is -2.21. The highest BCUT2D eigenvalue weighted by Crippen LogP contribution is 2.21. The summed E-state index contributed by atoms with van der Waals surface area (Å²) < 4.78 is 0. The fourth-order valence-electron chi connectivity index (χ4n) is 3.33. The SMILES string of the molecule is Cc1cccc(CN2CCCC(N(C)c3nccc(N(C)C)n3)C2)n1. The van der Waals surface area contributed by atoms with E-state index in [-0.39, 0.29) is 0 Å². The largest absolute Gasteiger partial charge is 0.363 e. The van der Waals surface area contributed by atoms with Crippen LogP contribution in [-0.2, 0) is 6.54 Å². The summed E-state index contributed by atoms with van der Waals surface area (Å²) in [6.45, 7) is 5.09. The molecule has 2 aromatic heterocycles. The fraction of sp³-hybridized carbons (Fsp3) is 0.526. The minimum atomic E-state index is 0.427. The van der Waals surface area contributed by atoms with Crippen LogP contribution in [0.2, 0.25) is 0 Å². The molecular weight excluding hydrogens is 312 g/mol. The maximum atomic E-state index is 4.68. The molecule has 6 heteroatoms. The summed E-state index contributed by atoms with van der Waals surface area (Å²) in [5.74, 6) is 1.74. The van der Waals surface area contributed by atoms with Crippen molar-refractivity contribution in [3.8, 4) is 0 Å². The highest BCUT2D eigenvalue weighted by molar-refractivity contribution is 5.42. The number of pyridine rings is 1. The maximum Gasteiger partial charge on any atom is 0.227 e. The molecule has 0 aliphatic carbocycles. The predicted octanol–water partition coefficient (Wildman–Crippen LogP) is 2.35. The van der Waals surface area contributed by atoms with Crippen LogP contribution in [0.5, 0.6) is 0 Å². The monoisotopic (exact) mass is 340 g/mol. The molecule has 25 heavy (non-hydrogen) atoms. The van der Waals surface area contributed by atoms with Crippen LogP contribution in [0.25, 0.3) is 0 Å². The third-order valence-corrected chi connectivity index (χ3v) is 4.76. The van der Waals surface area contributed by atoms with Crippen molar-refractivity contribution >= 4 is 11.8 Å². The van der Waals surface area contributed by atoms with Crippen LogP contribution < -0.4 is 9.80 Å². The Balaban J connectivity index is 1.67. The maximum absolute atomic E-state index is 4.68. The Labute approximate surface area is 150 Å². The number of hydrogen-bond donors (Lipinski definition) is 0. The third-order valence-electron chi connectivity index (χ3n) is 4.76. The molecule has 0 N–H and O–H groups in total. The van der Waals surface area contributed by atoms with Crippen LogP contribution >= 0.6 is 0 Å². The van der Waals surface area contributed by atoms with Crippen molar-refractivity contribution < 1.29 is 0 Å². The summed E-state index contributed by atoms with van der Waals surface area (Å²) in [6, 6.07) is 8.62. The molecule has 6 nitrogen and oxygen atoms in total. The lowest BCUT2D eigenvalue weighted by molar-refractivity contribution is 0.196. The molecule has 3 heterocycles. The first-order valence-corrected chi connectivity index (χ1v) is 8.91. The minimum Gasteiger partial charge on any atom is -0.363 e. The lowest BCUT2D eigenvalue weighted by atomic mass is 10.0. The Kier molecular flexibility index (Phi) is 5.48. The van der Waals surface area contributed by atoms with Crippen molar-refractivity contribution in [2.24, 2.45) is 0 Å². The van der Waals surface area contributed by atoms with Crippen LogP contribution in [0, 0.1) is 6.92 Å². The first-order valence-electron chi connectivity index (χ1n) is 8.91. The van der Waals surface area contributed by atoms with Gasteiger partial charge in [-0.2, -0.15) is 4.98 Å². The number of likely N-dealkylation sites (N-methyl/N-ethyl adjacent to an activating group) is 1. The van der Waals surface area contributed by atoms with E-state index in [0.29, 0.717) is 6.04 Å². The van der Waals surface area contributed by atoms with E-state index in [1.807, 2.05) is 44.2 Å². The zero-order chi connectivity index (χ0) is 17.8. The normalized spacial score (nSPS) is 18.2. The lowest BCUT2D eigenvalue weighted by Gasteiger charge is -2.37. The van der Waals surface area contributed by atoms with Gasteiger partial charge in [0.15, 0.2) is 0 Å². The number of likely N-dealkylation sites (tertiary alicyclic amines) is 1. The molecule has 0 spiro atoms. The smallest absolute Gasteiger partial charge is 0.227 e. The van der Waals surface area contributed by atoms with Gasteiger partial charge in [0.05, 0.1) is 5.69 Å². The average Bonchev–Trinajstić information content (AvgIpc) is 2.61. The number of piperidine rings is 1. The molecule has 1 unspecified atom stereocenters. The van der Waals surface area contributed by atoms with E-state index in [4.69, 9.17) is 0 Å². The molecule has 0 amide bonds. The first-order chi connectivity index (χ1) is 12.0. The van der Waals surface area contributed by atoms with E-state index < -0.39 is 0 Å². The molecule has 0 saturated carbocycles. The zero-order valence-corrected chi connectivity index (χ0v) is 15.7. The van der Waals surface area contributed by atoms with Gasteiger partial charge in [-0.3, -0.25) is 9.88 Å². The summed E-state index contributed by atoms with van der Waals surface area (Å²) >= 11 is 0. The Morgan fingerprint density at radius 3 is 2.76 bits per heavy atom. The predicted molar refractivity (Wildman–Crippen MR) is 102 cm³/mol. The van der Waals surface area contributed by atoms with Gasteiger partial charge in [-0.05, 0) is 44.5 Å². The van der Waals surface area contributed by atoms with Crippen molar-refractivity contribution in [2.45, 2.75) is 32.4 Å². The summed E-state index contributed by atoms with van der Waals surface area (Å²) in [5, 5.41) is 0. The van der Waals surface area contributed by atoms with Gasteiger partial charge in [0.2, 0.25) is 5.95 Å². The van der Waals surface area contributed by atoms with E-state index in [2.05, 4.69) is 43.9 Å². The van der Waals surface area contributed by atoms with E-state index in [1.165, 1.54) is 12.8 Å². The minimum absolute atomic E-state index is 0.427. The van der Waals surface area contributed by atoms with E-state index >= 15 is 0 Å². The van der Waals surface area contributed by atoms with Crippen LogP contribution in [0.1, 0.15) is 24.2 Å². The summed E-state index contributed by atoms with van der Waals surface area (Å²) in [7, 11) is 6.11. The standard InChI is InChI=1S/C19H28N6/c1-15-7-5-8-16(21-15)13-25-12-6-9-17(14-25)24(4)19-20-11-10-18(22-19)23(2)3/h5,7-8,10-11,17H,6,9,12-14H2,1-4H3. The molecular formula is C19H28N6. The lowest BCUT2D eigenvalue weighted by Crippen LogP contribution is -2.46. The molecule has 1 aliphatic heterocycles. The van der Waals surface area contributed by atoms with Gasteiger partial charge in [-0.15, -0.1) is 0 Å². The zero-order valence-electron chi connectivity index (χ0n) is 15.7. The molecule has 2 aromatic rings. The molecule has 1 saturated heterocycles. The van der Waals surface area contributed by atoms with Gasteiger partial charge < -0.3 is 9.80 Å². The Bertz CT molecular complexity index is 702. The van der Waals surface area contributed by atoms with Crippen molar-refractivity contribution in [3.05, 3.63) is 41.9 Å². The quantitative estimate of drug-likeness (QED) is 0.833. The summed E-state index contributed by atoms with van der Waals surface area (Å²) in [5.41, 5.74) is 2.23. The number of rotatable bonds is 5. The molecule has 0 bridgehead atoms. The second-order valence-corrected chi connectivity index (χ2v) is 7.02. The average molecular weight is 340 g/mol. The van der Waals surface area contributed by atoms with Crippen molar-refractivity contribution in [3.63, 3.8) is 0 Å². The van der Waals surface area contributed by atoms with Gasteiger partial charge in [-0.1, -0.05) is 6.07 Å². The molecule has 3 rings (SSSR count). The van der Waals surface area contributed by atoms with Crippen molar-refractivity contribution in [1.29, 1.82) is 0 Å². The number of aromatic nitrogens is 3. The van der Waals surface area contributed by atoms with Crippen molar-refractivity contribution in [2.75, 3.05) is 44.0 Å². The summed E-state index contributed by atoms with van der Waals surface area (Å²) in [6.07, 6.45) is 4.20. The van der Waals surface area contributed by atoms with Crippen LogP contribution in [0.4, 0.5) is 11.8 Å². The number of anilines is 2. The fourth-order valence-corrected chi connectivity index (χ4v) is 3.33. The van der Waals surface area contributed by atoms with Crippen LogP contribution in [0.3, 0.4) is 0 Å². The molecule has 1 atom stereocenters. The molecule has 134 valence electrons. The van der Waals surface area contributed by atoms with Gasteiger partial charge in [0.1, 0.15) is 5.82 Å². The number of hydrogen-bond acceptors (Lipinski definition) is 6. The van der Waals surface area contributed by atoms with E-state index in [1.54, 1.807) is 0 Å². The number of nitrogens with zero attached hydrogens (tertiary/aromatic N) is 6. The Morgan fingerprint density at radius 2 is 2.00 bits per heavy atom. The molecule has 1 aliphatic rings. The van der Waals surface area contributed by atoms with Crippen LogP contribution in [0.15, 0.2) is 30.5 Å². The highest BCUT2D eigenvalue weighted by Gasteiger charge is 2.25. The van der Waals surface area contributed by atoms with Gasteiger partial charge in [0, 0.05) is 52.2 Å². The second-order valence-electron chi connectivity index (χ2n) is 7.02. The highest BCUT2D eigenvalue weighted by atomic mass is 15.3. The second kappa shape index (κ2) is 7.78. The third kappa shape index (κ3) is 4.45.